The number of hydrogen-bond acceptors (Lipinski definition) is 4. The molecule has 1 heterocycles. The van der Waals surface area contributed by atoms with Gasteiger partial charge in [-0.05, 0) is 53.5 Å². The second kappa shape index (κ2) is 10.3. The lowest BCUT2D eigenvalue weighted by molar-refractivity contribution is 0.0731. The molecule has 1 amide bonds. The summed E-state index contributed by atoms with van der Waals surface area (Å²) in [4.78, 5) is 19.2. The van der Waals surface area contributed by atoms with Crippen LogP contribution in [0.1, 0.15) is 67.7 Å². The van der Waals surface area contributed by atoms with Gasteiger partial charge in [0.1, 0.15) is 11.4 Å². The molecule has 0 saturated heterocycles. The maximum absolute atomic E-state index is 13.0. The molecule has 0 aliphatic heterocycles. The van der Waals surface area contributed by atoms with Crippen molar-refractivity contribution >= 4 is 5.91 Å². The average Bonchev–Trinajstić information content (AvgIpc) is 3.16. The average molecular weight is 424 g/mol. The molecule has 0 bridgehead atoms. The van der Waals surface area contributed by atoms with Gasteiger partial charge in [-0.2, -0.15) is 0 Å². The Hall–Kier alpha value is -2.40. The summed E-state index contributed by atoms with van der Waals surface area (Å²) in [7, 11) is 1.89. The summed E-state index contributed by atoms with van der Waals surface area (Å²) in [5.41, 5.74) is 4.74. The topological polar surface area (TPSA) is 54.5 Å². The normalized spacial score (nSPS) is 15.6. The number of carbonyl (C=O) groups excluding carboxylic acids is 1. The second-order valence-electron chi connectivity index (χ2n) is 9.83. The SMILES string of the molecule is CCCCOc1ccc(C(=O)N(C)[C@@H]2Cc3ccc(CNCC(C)(C)C)cc3C2)nc1. The van der Waals surface area contributed by atoms with E-state index >= 15 is 0 Å². The third-order valence-electron chi connectivity index (χ3n) is 5.76. The highest BCUT2D eigenvalue weighted by molar-refractivity contribution is 5.92. The van der Waals surface area contributed by atoms with Gasteiger partial charge in [-0.25, -0.2) is 4.98 Å². The van der Waals surface area contributed by atoms with Gasteiger partial charge in [0.05, 0.1) is 12.8 Å². The van der Waals surface area contributed by atoms with Crippen LogP contribution in [0.3, 0.4) is 0 Å². The molecule has 2 aromatic rings. The number of aromatic nitrogens is 1. The van der Waals surface area contributed by atoms with Crippen molar-refractivity contribution in [2.24, 2.45) is 5.41 Å². The number of hydrogen-bond donors (Lipinski definition) is 1. The van der Waals surface area contributed by atoms with Crippen molar-refractivity contribution < 1.29 is 9.53 Å². The molecule has 3 rings (SSSR count). The predicted octanol–water partition coefficient (Wildman–Crippen LogP) is 4.64. The van der Waals surface area contributed by atoms with Crippen molar-refractivity contribution in [1.82, 2.24) is 15.2 Å². The lowest BCUT2D eigenvalue weighted by Crippen LogP contribution is -2.38. The van der Waals surface area contributed by atoms with E-state index in [1.807, 2.05) is 18.0 Å². The largest absolute Gasteiger partial charge is 0.492 e. The Balaban J connectivity index is 1.56. The van der Waals surface area contributed by atoms with E-state index in [1.165, 1.54) is 16.7 Å². The molecule has 168 valence electrons. The molecule has 0 saturated carbocycles. The zero-order valence-corrected chi connectivity index (χ0v) is 19.7. The number of likely N-dealkylation sites (N-methyl/N-ethyl adjacent to an activating group) is 1. The van der Waals surface area contributed by atoms with Crippen LogP contribution in [0, 0.1) is 5.41 Å². The molecule has 0 unspecified atom stereocenters. The lowest BCUT2D eigenvalue weighted by atomic mass is 9.97. The van der Waals surface area contributed by atoms with Crippen molar-refractivity contribution in [1.29, 1.82) is 0 Å². The highest BCUT2D eigenvalue weighted by Crippen LogP contribution is 2.27. The zero-order chi connectivity index (χ0) is 22.4. The highest BCUT2D eigenvalue weighted by Gasteiger charge is 2.28. The Labute approximate surface area is 187 Å². The zero-order valence-electron chi connectivity index (χ0n) is 19.7. The number of amides is 1. The fourth-order valence-electron chi connectivity index (χ4n) is 3.89. The Morgan fingerprint density at radius 2 is 1.97 bits per heavy atom. The molecule has 5 nitrogen and oxygen atoms in total. The van der Waals surface area contributed by atoms with Gasteiger partial charge in [-0.3, -0.25) is 4.79 Å². The van der Waals surface area contributed by atoms with Crippen LogP contribution in [0.4, 0.5) is 0 Å². The number of nitrogens with zero attached hydrogens (tertiary/aromatic N) is 2. The van der Waals surface area contributed by atoms with E-state index in [1.54, 1.807) is 12.3 Å². The maximum Gasteiger partial charge on any atom is 0.272 e. The minimum atomic E-state index is -0.0371. The van der Waals surface area contributed by atoms with Crippen LogP contribution < -0.4 is 10.1 Å². The third kappa shape index (κ3) is 6.54. The fourth-order valence-corrected chi connectivity index (χ4v) is 3.89. The van der Waals surface area contributed by atoms with E-state index in [9.17, 15) is 4.79 Å². The first kappa shape index (κ1) is 23.3. The molecule has 1 aromatic carbocycles. The third-order valence-corrected chi connectivity index (χ3v) is 5.76. The van der Waals surface area contributed by atoms with Crippen molar-refractivity contribution in [2.75, 3.05) is 20.2 Å². The van der Waals surface area contributed by atoms with Crippen LogP contribution in [0.2, 0.25) is 0 Å². The fraction of sp³-hybridized carbons (Fsp3) is 0.538. The number of carbonyl (C=O) groups is 1. The van der Waals surface area contributed by atoms with Gasteiger partial charge in [0.15, 0.2) is 0 Å². The Morgan fingerprint density at radius 1 is 1.19 bits per heavy atom. The van der Waals surface area contributed by atoms with Crippen LogP contribution in [0.15, 0.2) is 36.5 Å². The maximum atomic E-state index is 13.0. The molecule has 5 heteroatoms. The highest BCUT2D eigenvalue weighted by atomic mass is 16.5. The summed E-state index contributed by atoms with van der Waals surface area (Å²) in [5.74, 6) is 0.679. The molecule has 31 heavy (non-hydrogen) atoms. The molecular weight excluding hydrogens is 386 g/mol. The molecule has 1 aliphatic rings. The number of rotatable bonds is 9. The van der Waals surface area contributed by atoms with E-state index in [2.05, 4.69) is 56.2 Å². The Bertz CT molecular complexity index is 871. The van der Waals surface area contributed by atoms with E-state index in [4.69, 9.17) is 4.74 Å². The summed E-state index contributed by atoms with van der Waals surface area (Å²) in [6.07, 6.45) is 5.54. The minimum Gasteiger partial charge on any atom is -0.492 e. The number of ether oxygens (including phenoxy) is 1. The molecule has 1 N–H and O–H groups in total. The number of unbranched alkanes of at least 4 members (excludes halogenated alkanes) is 1. The monoisotopic (exact) mass is 423 g/mol. The molecular formula is C26H37N3O2. The van der Waals surface area contributed by atoms with Crippen LogP contribution in [0.5, 0.6) is 5.75 Å². The smallest absolute Gasteiger partial charge is 0.272 e. The van der Waals surface area contributed by atoms with Crippen LogP contribution in [-0.4, -0.2) is 42.0 Å². The first-order chi connectivity index (χ1) is 14.8. The van der Waals surface area contributed by atoms with Gasteiger partial charge in [0.25, 0.3) is 5.91 Å². The Kier molecular flexibility index (Phi) is 7.71. The standard InChI is InChI=1S/C26H37N3O2/c1-6-7-12-31-23-10-11-24(28-17-23)25(30)29(5)22-14-20-9-8-19(13-21(20)15-22)16-27-18-26(2,3)4/h8-11,13,17,22,27H,6-7,12,14-16,18H2,1-5H3/t22-/m1/s1. The number of fused-ring (bicyclic) bond motifs is 1. The summed E-state index contributed by atoms with van der Waals surface area (Å²) < 4.78 is 5.65. The summed E-state index contributed by atoms with van der Waals surface area (Å²) >= 11 is 0. The quantitative estimate of drug-likeness (QED) is 0.597. The van der Waals surface area contributed by atoms with E-state index in [-0.39, 0.29) is 17.4 Å². The van der Waals surface area contributed by atoms with Crippen molar-refractivity contribution in [3.05, 3.63) is 58.9 Å². The van der Waals surface area contributed by atoms with Crippen LogP contribution >= 0.6 is 0 Å². The number of pyridine rings is 1. The van der Waals surface area contributed by atoms with Crippen molar-refractivity contribution in [3.63, 3.8) is 0 Å². The van der Waals surface area contributed by atoms with Gasteiger partial charge in [-0.15, -0.1) is 0 Å². The summed E-state index contributed by atoms with van der Waals surface area (Å²) in [6, 6.07) is 10.5. The van der Waals surface area contributed by atoms with Gasteiger partial charge in [0, 0.05) is 26.2 Å². The minimum absolute atomic E-state index is 0.0371. The second-order valence-corrected chi connectivity index (χ2v) is 9.83. The first-order valence-electron chi connectivity index (χ1n) is 11.4. The van der Waals surface area contributed by atoms with Gasteiger partial charge in [0.2, 0.25) is 0 Å². The van der Waals surface area contributed by atoms with Crippen molar-refractivity contribution in [3.8, 4) is 5.75 Å². The summed E-state index contributed by atoms with van der Waals surface area (Å²) in [5, 5.41) is 3.54. The van der Waals surface area contributed by atoms with Crippen LogP contribution in [-0.2, 0) is 19.4 Å². The van der Waals surface area contributed by atoms with Crippen LogP contribution in [0.25, 0.3) is 0 Å². The van der Waals surface area contributed by atoms with Crippen molar-refractivity contribution in [2.45, 2.75) is 66.0 Å². The molecule has 1 atom stereocenters. The number of nitrogens with one attached hydrogen (secondary N) is 1. The Morgan fingerprint density at radius 3 is 2.65 bits per heavy atom. The van der Waals surface area contributed by atoms with E-state index < -0.39 is 0 Å². The molecule has 1 aromatic heterocycles. The molecule has 0 radical (unpaired) electrons. The molecule has 0 spiro atoms. The van der Waals surface area contributed by atoms with Gasteiger partial charge >= 0.3 is 0 Å². The molecule has 0 fully saturated rings. The first-order valence-corrected chi connectivity index (χ1v) is 11.4. The molecule has 1 aliphatic carbocycles. The lowest BCUT2D eigenvalue weighted by Gasteiger charge is -2.24. The van der Waals surface area contributed by atoms with Gasteiger partial charge in [-0.1, -0.05) is 52.3 Å². The summed E-state index contributed by atoms with van der Waals surface area (Å²) in [6.45, 7) is 11.4. The van der Waals surface area contributed by atoms with E-state index in [0.29, 0.717) is 18.1 Å². The van der Waals surface area contributed by atoms with E-state index in [0.717, 1.165) is 38.8 Å². The predicted molar refractivity (Wildman–Crippen MR) is 126 cm³/mol. The number of benzene rings is 1. The van der Waals surface area contributed by atoms with Gasteiger partial charge < -0.3 is 15.0 Å².